The highest BCUT2D eigenvalue weighted by Crippen LogP contribution is 2.45. The van der Waals surface area contributed by atoms with Crippen molar-refractivity contribution in [3.63, 3.8) is 0 Å². The number of ketones is 1. The first kappa shape index (κ1) is 32.7. The molecule has 42 heavy (non-hydrogen) atoms. The molecule has 0 aliphatic carbocycles. The molecular formula is C35H47Cl2N3O2. The minimum Gasteiger partial charge on any atom is -0.305 e. The summed E-state index contributed by atoms with van der Waals surface area (Å²) in [6, 6.07) is 13.0. The molecule has 2 aromatic rings. The van der Waals surface area contributed by atoms with E-state index in [-0.39, 0.29) is 34.6 Å². The van der Waals surface area contributed by atoms with Crippen LogP contribution in [0.3, 0.4) is 0 Å². The second-order valence-corrected chi connectivity index (χ2v) is 15.2. The lowest BCUT2D eigenvalue weighted by molar-refractivity contribution is -0.134. The van der Waals surface area contributed by atoms with E-state index in [9.17, 15) is 9.59 Å². The van der Waals surface area contributed by atoms with Crippen molar-refractivity contribution in [2.24, 2.45) is 16.3 Å². The fourth-order valence-electron chi connectivity index (χ4n) is 6.17. The Morgan fingerprint density at radius 2 is 1.55 bits per heavy atom. The van der Waals surface area contributed by atoms with Gasteiger partial charge in [-0.3, -0.25) is 19.5 Å². The average molecular weight is 613 g/mol. The Balaban J connectivity index is 1.80. The van der Waals surface area contributed by atoms with Crippen molar-refractivity contribution < 1.29 is 9.59 Å². The molecule has 0 N–H and O–H groups in total. The van der Waals surface area contributed by atoms with Crippen LogP contribution in [0.1, 0.15) is 115 Å². The van der Waals surface area contributed by atoms with Crippen molar-refractivity contribution in [2.45, 2.75) is 105 Å². The van der Waals surface area contributed by atoms with Gasteiger partial charge in [-0.2, -0.15) is 0 Å². The number of amides is 1. The zero-order valence-electron chi connectivity index (χ0n) is 26.6. The van der Waals surface area contributed by atoms with E-state index in [1.54, 1.807) is 18.2 Å². The van der Waals surface area contributed by atoms with E-state index >= 15 is 0 Å². The van der Waals surface area contributed by atoms with Crippen LogP contribution in [0.2, 0.25) is 10.0 Å². The summed E-state index contributed by atoms with van der Waals surface area (Å²) in [5.41, 5.74) is 2.28. The number of nitrogens with zero attached hydrogens (tertiary/aromatic N) is 3. The summed E-state index contributed by atoms with van der Waals surface area (Å²) < 4.78 is 0. The predicted molar refractivity (Wildman–Crippen MR) is 175 cm³/mol. The molecule has 0 bridgehead atoms. The molecule has 2 aliphatic rings. The number of carbonyl (C=O) groups is 2. The minimum absolute atomic E-state index is 0.0237. The van der Waals surface area contributed by atoms with E-state index in [1.807, 2.05) is 38.1 Å². The summed E-state index contributed by atoms with van der Waals surface area (Å²) in [6.07, 6.45) is 4.00. The quantitative estimate of drug-likeness (QED) is 0.280. The topological polar surface area (TPSA) is 53.0 Å². The van der Waals surface area contributed by atoms with Crippen molar-refractivity contribution in [3.8, 4) is 0 Å². The number of benzene rings is 2. The van der Waals surface area contributed by atoms with Gasteiger partial charge in [0.2, 0.25) is 0 Å². The Hall–Kier alpha value is -2.21. The Labute approximate surface area is 262 Å². The zero-order valence-corrected chi connectivity index (χ0v) is 28.1. The SMILES string of the molecule is CCC(C)C(=O)c1ccc(C(CCC(C)(C)C)N2C(=O)C(c3cc(Cl)cc(Cl)c3)=NC23CCN(C(C)(C)C)CC3)cc1. The minimum atomic E-state index is -0.670. The largest absolute Gasteiger partial charge is 0.305 e. The third-order valence-corrected chi connectivity index (χ3v) is 9.39. The molecule has 1 spiro atoms. The summed E-state index contributed by atoms with van der Waals surface area (Å²) in [5, 5.41) is 0.961. The van der Waals surface area contributed by atoms with Crippen molar-refractivity contribution in [3.05, 3.63) is 69.2 Å². The maximum atomic E-state index is 14.6. The molecular weight excluding hydrogens is 565 g/mol. The second kappa shape index (κ2) is 12.4. The van der Waals surface area contributed by atoms with Crippen LogP contribution in [-0.2, 0) is 4.79 Å². The first-order valence-corrected chi connectivity index (χ1v) is 16.1. The molecule has 2 atom stereocenters. The standard InChI is InChI=1S/C35H47Cl2N3O2/c1-9-23(2)31(41)25-12-10-24(11-13-25)29(14-15-33(3,4)5)40-32(42)30(26-20-27(36)22-28(37)21-26)38-35(40)16-18-39(19-17-35)34(6,7)8/h10-13,20-23,29H,9,14-19H2,1-8H3. The lowest BCUT2D eigenvalue weighted by Gasteiger charge is -2.49. The number of halogens is 2. The van der Waals surface area contributed by atoms with Crippen molar-refractivity contribution in [1.29, 1.82) is 0 Å². The van der Waals surface area contributed by atoms with Gasteiger partial charge in [0.05, 0.1) is 6.04 Å². The van der Waals surface area contributed by atoms with Gasteiger partial charge in [-0.25, -0.2) is 0 Å². The highest BCUT2D eigenvalue weighted by atomic mass is 35.5. The van der Waals surface area contributed by atoms with Crippen LogP contribution in [0, 0.1) is 11.3 Å². The molecule has 1 saturated heterocycles. The van der Waals surface area contributed by atoms with Crippen molar-refractivity contribution in [2.75, 3.05) is 13.1 Å². The summed E-state index contributed by atoms with van der Waals surface area (Å²) in [5.74, 6) is 0.0441. The van der Waals surface area contributed by atoms with Gasteiger partial charge in [0.1, 0.15) is 11.4 Å². The Morgan fingerprint density at radius 3 is 2.05 bits per heavy atom. The number of Topliss-reactive ketones (excluding diaryl/α,β-unsaturated/α-hetero) is 1. The third kappa shape index (κ3) is 7.11. The maximum absolute atomic E-state index is 14.6. The average Bonchev–Trinajstić information content (AvgIpc) is 3.18. The lowest BCUT2D eigenvalue weighted by Crippen LogP contribution is -2.57. The Bertz CT molecular complexity index is 1310. The van der Waals surface area contributed by atoms with E-state index in [4.69, 9.17) is 28.2 Å². The smallest absolute Gasteiger partial charge is 0.275 e. The van der Waals surface area contributed by atoms with Crippen LogP contribution >= 0.6 is 23.2 Å². The van der Waals surface area contributed by atoms with E-state index < -0.39 is 5.66 Å². The number of carbonyl (C=O) groups excluding carboxylic acids is 2. The second-order valence-electron chi connectivity index (χ2n) is 14.3. The van der Waals surface area contributed by atoms with Gasteiger partial charge in [0.15, 0.2) is 5.78 Å². The third-order valence-electron chi connectivity index (χ3n) is 8.96. The lowest BCUT2D eigenvalue weighted by atomic mass is 9.84. The van der Waals surface area contributed by atoms with Crippen LogP contribution in [-0.4, -0.2) is 51.5 Å². The van der Waals surface area contributed by atoms with Gasteiger partial charge in [-0.05, 0) is 69.2 Å². The molecule has 1 amide bonds. The van der Waals surface area contributed by atoms with Crippen LogP contribution in [0.15, 0.2) is 47.5 Å². The van der Waals surface area contributed by atoms with Gasteiger partial charge >= 0.3 is 0 Å². The zero-order chi connectivity index (χ0) is 31.0. The summed E-state index contributed by atoms with van der Waals surface area (Å²) in [4.78, 5) is 37.3. The Kier molecular flexibility index (Phi) is 9.67. The highest BCUT2D eigenvalue weighted by Gasteiger charge is 2.52. The molecule has 228 valence electrons. The molecule has 0 saturated carbocycles. The van der Waals surface area contributed by atoms with Gasteiger partial charge in [0.25, 0.3) is 5.91 Å². The summed E-state index contributed by atoms with van der Waals surface area (Å²) in [7, 11) is 0. The van der Waals surface area contributed by atoms with E-state index in [0.29, 0.717) is 26.9 Å². The molecule has 1 fully saturated rings. The Morgan fingerprint density at radius 1 is 0.976 bits per heavy atom. The molecule has 2 unspecified atom stereocenters. The number of piperidine rings is 1. The number of rotatable bonds is 8. The first-order valence-electron chi connectivity index (χ1n) is 15.3. The molecule has 2 aromatic carbocycles. The maximum Gasteiger partial charge on any atom is 0.275 e. The normalized spacial score (nSPS) is 19.2. The van der Waals surface area contributed by atoms with E-state index in [1.165, 1.54) is 0 Å². The van der Waals surface area contributed by atoms with Crippen molar-refractivity contribution in [1.82, 2.24) is 9.80 Å². The first-order chi connectivity index (χ1) is 19.5. The number of hydrogen-bond acceptors (Lipinski definition) is 4. The summed E-state index contributed by atoms with van der Waals surface area (Å²) >= 11 is 12.8. The molecule has 0 radical (unpaired) electrons. The number of hydrogen-bond donors (Lipinski definition) is 0. The predicted octanol–water partition coefficient (Wildman–Crippen LogP) is 9.01. The van der Waals surface area contributed by atoms with E-state index in [0.717, 1.165) is 50.8 Å². The summed E-state index contributed by atoms with van der Waals surface area (Å²) in [6.45, 7) is 19.1. The highest BCUT2D eigenvalue weighted by molar-refractivity contribution is 6.47. The number of aliphatic imine (C=N–C) groups is 1. The molecule has 2 heterocycles. The fourth-order valence-corrected chi connectivity index (χ4v) is 6.69. The van der Waals surface area contributed by atoms with Crippen LogP contribution in [0.4, 0.5) is 0 Å². The van der Waals surface area contributed by atoms with E-state index in [2.05, 4.69) is 51.3 Å². The van der Waals surface area contributed by atoms with Crippen LogP contribution in [0.25, 0.3) is 0 Å². The molecule has 7 heteroatoms. The number of likely N-dealkylation sites (tertiary alicyclic amines) is 1. The molecule has 0 aromatic heterocycles. The molecule has 4 rings (SSSR count). The van der Waals surface area contributed by atoms with Crippen LogP contribution in [0.5, 0.6) is 0 Å². The van der Waals surface area contributed by atoms with Gasteiger partial charge < -0.3 is 4.90 Å². The molecule has 2 aliphatic heterocycles. The van der Waals surface area contributed by atoms with Crippen LogP contribution < -0.4 is 0 Å². The van der Waals surface area contributed by atoms with Gasteiger partial charge in [-0.1, -0.05) is 82.1 Å². The van der Waals surface area contributed by atoms with Gasteiger partial charge in [-0.15, -0.1) is 0 Å². The van der Waals surface area contributed by atoms with Crippen molar-refractivity contribution >= 4 is 40.6 Å². The monoisotopic (exact) mass is 611 g/mol. The van der Waals surface area contributed by atoms with Gasteiger partial charge in [0, 0.05) is 58.6 Å². The fraction of sp³-hybridized carbons (Fsp3) is 0.571. The molecule has 5 nitrogen and oxygen atoms in total.